The van der Waals surface area contributed by atoms with E-state index in [9.17, 15) is 4.79 Å². The van der Waals surface area contributed by atoms with Gasteiger partial charge in [0.1, 0.15) is 0 Å². The number of piperidine rings is 1. The number of carbonyl (C=O) groups is 1. The van der Waals surface area contributed by atoms with Crippen molar-refractivity contribution in [3.63, 3.8) is 0 Å². The average Bonchev–Trinajstić information content (AvgIpc) is 2.68. The smallest absolute Gasteiger partial charge is 0.241 e. The lowest BCUT2D eigenvalue weighted by molar-refractivity contribution is -0.128. The Labute approximate surface area is 179 Å². The molecule has 2 heterocycles. The highest BCUT2D eigenvalue weighted by Crippen LogP contribution is 2.13. The van der Waals surface area contributed by atoms with Crippen molar-refractivity contribution in [2.45, 2.75) is 32.3 Å². The van der Waals surface area contributed by atoms with Gasteiger partial charge in [0, 0.05) is 58.6 Å². The Balaban J connectivity index is 0.00000364. The summed E-state index contributed by atoms with van der Waals surface area (Å²) in [6.07, 6.45) is 4.85. The molecule has 0 unspecified atom stereocenters. The van der Waals surface area contributed by atoms with Gasteiger partial charge < -0.3 is 19.9 Å². The number of aromatic nitrogens is 1. The number of halogens is 1. The molecular weight excluding hydrogens is 457 g/mol. The number of rotatable bonds is 7. The maximum absolute atomic E-state index is 12.4. The topological polar surface area (TPSA) is 70.1 Å². The highest BCUT2D eigenvalue weighted by Gasteiger charge is 2.22. The van der Waals surface area contributed by atoms with Crippen molar-refractivity contribution in [1.29, 1.82) is 0 Å². The van der Waals surface area contributed by atoms with Gasteiger partial charge in [-0.2, -0.15) is 0 Å². The van der Waals surface area contributed by atoms with E-state index in [4.69, 9.17) is 4.74 Å². The summed E-state index contributed by atoms with van der Waals surface area (Å²) < 4.78 is 5.68. The van der Waals surface area contributed by atoms with Gasteiger partial charge in [0.15, 0.2) is 5.96 Å². The zero-order valence-corrected chi connectivity index (χ0v) is 18.9. The maximum Gasteiger partial charge on any atom is 0.241 e. The van der Waals surface area contributed by atoms with Crippen molar-refractivity contribution in [3.8, 4) is 0 Å². The van der Waals surface area contributed by atoms with E-state index in [1.165, 1.54) is 0 Å². The predicted molar refractivity (Wildman–Crippen MR) is 119 cm³/mol. The van der Waals surface area contributed by atoms with E-state index >= 15 is 0 Å². The van der Waals surface area contributed by atoms with E-state index in [-0.39, 0.29) is 36.4 Å². The highest BCUT2D eigenvalue weighted by atomic mass is 127. The van der Waals surface area contributed by atoms with Crippen LogP contribution in [0.15, 0.2) is 29.4 Å². The molecule has 7 nitrogen and oxygen atoms in total. The summed E-state index contributed by atoms with van der Waals surface area (Å²) >= 11 is 0. The maximum atomic E-state index is 12.4. The molecule has 0 saturated carbocycles. The van der Waals surface area contributed by atoms with E-state index < -0.39 is 0 Å². The largest absolute Gasteiger partial charge is 0.378 e. The second-order valence-electron chi connectivity index (χ2n) is 6.43. The minimum Gasteiger partial charge on any atom is -0.378 e. The number of ether oxygens (including phenoxy) is 1. The van der Waals surface area contributed by atoms with Crippen molar-refractivity contribution < 1.29 is 9.53 Å². The molecule has 1 aromatic rings. The molecule has 0 atom stereocenters. The standard InChI is InChI=1S/C19H31N5O2.HI/c1-4-26-17-9-13-24(14-10-17)19(20-2)22-15-18(25)23(3)12-8-16-7-5-6-11-21-16;/h5-7,11,17H,4,8-10,12-15H2,1-3H3,(H,20,22);1H. The third kappa shape index (κ3) is 8.00. The second kappa shape index (κ2) is 12.9. The lowest BCUT2D eigenvalue weighted by atomic mass is 10.1. The number of likely N-dealkylation sites (tertiary alicyclic amines) is 1. The second-order valence-corrected chi connectivity index (χ2v) is 6.43. The number of pyridine rings is 1. The van der Waals surface area contributed by atoms with Gasteiger partial charge in [-0.15, -0.1) is 24.0 Å². The van der Waals surface area contributed by atoms with Gasteiger partial charge in [0.2, 0.25) is 5.91 Å². The summed E-state index contributed by atoms with van der Waals surface area (Å²) in [6.45, 7) is 5.48. The normalized spacial score (nSPS) is 15.2. The molecule has 1 N–H and O–H groups in total. The van der Waals surface area contributed by atoms with Crippen LogP contribution < -0.4 is 5.32 Å². The summed E-state index contributed by atoms with van der Waals surface area (Å²) in [7, 11) is 3.58. The Morgan fingerprint density at radius 2 is 2.15 bits per heavy atom. The summed E-state index contributed by atoms with van der Waals surface area (Å²) in [4.78, 5) is 24.9. The number of nitrogens with one attached hydrogen (secondary N) is 1. The van der Waals surface area contributed by atoms with E-state index in [1.807, 2.05) is 32.2 Å². The third-order valence-corrected chi connectivity index (χ3v) is 4.61. The molecule has 0 spiro atoms. The van der Waals surface area contributed by atoms with Crippen molar-refractivity contribution in [1.82, 2.24) is 20.1 Å². The Morgan fingerprint density at radius 3 is 2.74 bits per heavy atom. The van der Waals surface area contributed by atoms with Crippen LogP contribution in [0.2, 0.25) is 0 Å². The quantitative estimate of drug-likeness (QED) is 0.359. The summed E-state index contributed by atoms with van der Waals surface area (Å²) in [5, 5.41) is 3.19. The average molecular weight is 489 g/mol. The van der Waals surface area contributed by atoms with Crippen molar-refractivity contribution in [2.75, 3.05) is 46.9 Å². The number of amides is 1. The highest BCUT2D eigenvalue weighted by molar-refractivity contribution is 14.0. The van der Waals surface area contributed by atoms with Crippen LogP contribution in [0.5, 0.6) is 0 Å². The lowest BCUT2D eigenvalue weighted by Gasteiger charge is -2.34. The van der Waals surface area contributed by atoms with Gasteiger partial charge in [-0.3, -0.25) is 14.8 Å². The number of aliphatic imine (C=N–C) groups is 1. The van der Waals surface area contributed by atoms with Crippen LogP contribution in [0.3, 0.4) is 0 Å². The van der Waals surface area contributed by atoms with Crippen LogP contribution in [0, 0.1) is 0 Å². The van der Waals surface area contributed by atoms with Crippen LogP contribution in [-0.4, -0.2) is 79.6 Å². The minimum absolute atomic E-state index is 0. The van der Waals surface area contributed by atoms with Gasteiger partial charge in [-0.25, -0.2) is 0 Å². The molecule has 1 fully saturated rings. The van der Waals surface area contributed by atoms with E-state index in [0.717, 1.165) is 50.6 Å². The van der Waals surface area contributed by atoms with Crippen LogP contribution in [0.1, 0.15) is 25.5 Å². The molecule has 1 aromatic heterocycles. The first-order valence-corrected chi connectivity index (χ1v) is 9.35. The predicted octanol–water partition coefficient (Wildman–Crippen LogP) is 1.78. The summed E-state index contributed by atoms with van der Waals surface area (Å²) in [5.41, 5.74) is 0.994. The van der Waals surface area contributed by atoms with Gasteiger partial charge in [-0.05, 0) is 31.9 Å². The SMILES string of the molecule is CCOC1CCN(C(=NC)NCC(=O)N(C)CCc2ccccn2)CC1.I. The summed E-state index contributed by atoms with van der Waals surface area (Å²) in [6, 6.07) is 5.83. The molecule has 0 aliphatic carbocycles. The van der Waals surface area contributed by atoms with Crippen LogP contribution >= 0.6 is 24.0 Å². The van der Waals surface area contributed by atoms with Crippen LogP contribution in [-0.2, 0) is 16.0 Å². The Morgan fingerprint density at radius 1 is 1.41 bits per heavy atom. The third-order valence-electron chi connectivity index (χ3n) is 4.61. The zero-order valence-electron chi connectivity index (χ0n) is 16.6. The first-order valence-electron chi connectivity index (χ1n) is 9.35. The number of hydrogen-bond acceptors (Lipinski definition) is 4. The minimum atomic E-state index is 0. The molecule has 8 heteroatoms. The molecular formula is C19H32IN5O2. The van der Waals surface area contributed by atoms with Gasteiger partial charge in [0.05, 0.1) is 12.6 Å². The Kier molecular flexibility index (Phi) is 11.3. The molecule has 2 rings (SSSR count). The molecule has 152 valence electrons. The Bertz CT molecular complexity index is 577. The number of nitrogens with zero attached hydrogens (tertiary/aromatic N) is 4. The van der Waals surface area contributed by atoms with E-state index in [1.54, 1.807) is 18.1 Å². The van der Waals surface area contributed by atoms with Gasteiger partial charge in [0.25, 0.3) is 0 Å². The van der Waals surface area contributed by atoms with Crippen molar-refractivity contribution in [3.05, 3.63) is 30.1 Å². The van der Waals surface area contributed by atoms with Crippen molar-refractivity contribution in [2.24, 2.45) is 4.99 Å². The molecule has 0 bridgehead atoms. The molecule has 1 aliphatic heterocycles. The first kappa shape index (κ1) is 23.6. The molecule has 0 aromatic carbocycles. The molecule has 0 radical (unpaired) electrons. The van der Waals surface area contributed by atoms with Gasteiger partial charge >= 0.3 is 0 Å². The van der Waals surface area contributed by atoms with Crippen LogP contribution in [0.25, 0.3) is 0 Å². The molecule has 1 aliphatic rings. The monoisotopic (exact) mass is 489 g/mol. The fourth-order valence-electron chi connectivity index (χ4n) is 3.04. The van der Waals surface area contributed by atoms with E-state index in [2.05, 4.69) is 20.2 Å². The fourth-order valence-corrected chi connectivity index (χ4v) is 3.04. The van der Waals surface area contributed by atoms with Gasteiger partial charge in [-0.1, -0.05) is 6.07 Å². The van der Waals surface area contributed by atoms with E-state index in [0.29, 0.717) is 12.6 Å². The molecule has 1 saturated heterocycles. The number of guanidine groups is 1. The number of likely N-dealkylation sites (N-methyl/N-ethyl adjacent to an activating group) is 1. The fraction of sp³-hybridized carbons (Fsp3) is 0.632. The molecule has 27 heavy (non-hydrogen) atoms. The first-order chi connectivity index (χ1) is 12.6. The summed E-state index contributed by atoms with van der Waals surface area (Å²) in [5.74, 6) is 0.831. The van der Waals surface area contributed by atoms with Crippen molar-refractivity contribution >= 4 is 35.8 Å². The van der Waals surface area contributed by atoms with Crippen LogP contribution in [0.4, 0.5) is 0 Å². The molecule has 1 amide bonds. The number of carbonyl (C=O) groups excluding carboxylic acids is 1. The number of hydrogen-bond donors (Lipinski definition) is 1. The lowest BCUT2D eigenvalue weighted by Crippen LogP contribution is -2.49. The Hall–Kier alpha value is -1.42. The zero-order chi connectivity index (χ0) is 18.8.